The predicted molar refractivity (Wildman–Crippen MR) is 110 cm³/mol. The molecule has 1 saturated carbocycles. The van der Waals surface area contributed by atoms with E-state index in [9.17, 15) is 14.7 Å². The van der Waals surface area contributed by atoms with Crippen molar-refractivity contribution in [2.24, 2.45) is 5.73 Å². The number of nitrogens with two attached hydrogens (primary N) is 1. The maximum atomic E-state index is 12.3. The van der Waals surface area contributed by atoms with Gasteiger partial charge in [-0.25, -0.2) is 9.97 Å². The lowest BCUT2D eigenvalue weighted by molar-refractivity contribution is -0.144. The van der Waals surface area contributed by atoms with Crippen LogP contribution in [0.2, 0.25) is 0 Å². The minimum atomic E-state index is -1.69. The summed E-state index contributed by atoms with van der Waals surface area (Å²) in [5.41, 5.74) is 7.13. The number of primary amides is 1. The number of hydrogen-bond donors (Lipinski definition) is 2. The number of carbonyl (C=O) groups excluding carboxylic acids is 2. The Bertz CT molecular complexity index is 1200. The van der Waals surface area contributed by atoms with E-state index >= 15 is 0 Å². The molecule has 0 radical (unpaired) electrons. The van der Waals surface area contributed by atoms with Gasteiger partial charge in [0.2, 0.25) is 11.4 Å². The second-order valence-electron chi connectivity index (χ2n) is 8.13. The number of nitrogens with zero attached hydrogens (tertiary/aromatic N) is 4. The molecule has 1 aromatic carbocycles. The molecule has 158 valence electrons. The zero-order valence-electron chi connectivity index (χ0n) is 16.9. The summed E-state index contributed by atoms with van der Waals surface area (Å²) in [6.07, 6.45) is 2.32. The van der Waals surface area contributed by atoms with Gasteiger partial charge in [0.1, 0.15) is 5.69 Å². The molecule has 2 amide bonds. The number of aliphatic hydroxyl groups is 1. The molecule has 3 aromatic rings. The Morgan fingerprint density at radius 3 is 2.58 bits per heavy atom. The predicted octanol–water partition coefficient (Wildman–Crippen LogP) is 1.82. The van der Waals surface area contributed by atoms with Crippen molar-refractivity contribution >= 4 is 11.8 Å². The summed E-state index contributed by atoms with van der Waals surface area (Å²) in [5, 5.41) is 14.8. The zero-order chi connectivity index (χ0) is 21.8. The molecule has 0 spiro atoms. The monoisotopic (exact) mass is 419 g/mol. The molecule has 1 atom stereocenters. The second kappa shape index (κ2) is 6.98. The average molecular weight is 419 g/mol. The van der Waals surface area contributed by atoms with E-state index in [0.29, 0.717) is 23.9 Å². The minimum absolute atomic E-state index is 0.000358. The third-order valence-corrected chi connectivity index (χ3v) is 5.84. The van der Waals surface area contributed by atoms with Crippen LogP contribution in [0.15, 0.2) is 40.9 Å². The lowest BCUT2D eigenvalue weighted by Crippen LogP contribution is -2.35. The normalized spacial score (nSPS) is 21.0. The molecule has 5 rings (SSSR count). The van der Waals surface area contributed by atoms with Crippen molar-refractivity contribution in [1.82, 2.24) is 20.0 Å². The van der Waals surface area contributed by atoms with E-state index in [1.165, 1.54) is 4.90 Å². The summed E-state index contributed by atoms with van der Waals surface area (Å²) >= 11 is 0. The Labute approximate surface area is 177 Å². The highest BCUT2D eigenvalue weighted by molar-refractivity contribution is 5.89. The van der Waals surface area contributed by atoms with Crippen LogP contribution in [0.1, 0.15) is 47.3 Å². The molecule has 1 aliphatic heterocycles. The van der Waals surface area contributed by atoms with Crippen LogP contribution >= 0.6 is 0 Å². The molecule has 2 fully saturated rings. The Hall–Kier alpha value is -3.59. The highest BCUT2D eigenvalue weighted by Crippen LogP contribution is 2.40. The first-order valence-corrected chi connectivity index (χ1v) is 10.1. The third-order valence-electron chi connectivity index (χ3n) is 5.84. The van der Waals surface area contributed by atoms with E-state index < -0.39 is 17.4 Å². The zero-order valence-corrected chi connectivity index (χ0v) is 16.9. The van der Waals surface area contributed by atoms with Gasteiger partial charge in [-0.05, 0) is 25.0 Å². The molecule has 9 heteroatoms. The number of benzene rings is 1. The number of aromatic nitrogens is 3. The lowest BCUT2D eigenvalue weighted by Gasteiger charge is -2.16. The summed E-state index contributed by atoms with van der Waals surface area (Å²) in [4.78, 5) is 34.1. The number of likely N-dealkylation sites (N-methyl/N-ethyl adjacent to an activating group) is 1. The standard InChI is InChI=1S/C22H21N5O4/c1-27-8-7-22(30,21(27)29)18-11-17(26-31-18)14-4-2-3-13(9-14)16-10-15(12-5-6-12)24-20(25-16)19(23)28/h2-4,9-12,30H,5-8H2,1H3,(H2,23,28). The molecule has 2 aliphatic rings. The van der Waals surface area contributed by atoms with E-state index in [2.05, 4.69) is 15.1 Å². The summed E-state index contributed by atoms with van der Waals surface area (Å²) < 4.78 is 5.35. The lowest BCUT2D eigenvalue weighted by atomic mass is 9.97. The first-order chi connectivity index (χ1) is 14.8. The van der Waals surface area contributed by atoms with Crippen LogP contribution in [0.4, 0.5) is 0 Å². The average Bonchev–Trinajstić information content (AvgIpc) is 3.45. The van der Waals surface area contributed by atoms with E-state index in [0.717, 1.165) is 29.7 Å². The molecular weight excluding hydrogens is 398 g/mol. The Kier molecular flexibility index (Phi) is 4.37. The summed E-state index contributed by atoms with van der Waals surface area (Å²) in [7, 11) is 1.64. The van der Waals surface area contributed by atoms with Crippen LogP contribution in [0.25, 0.3) is 22.5 Å². The van der Waals surface area contributed by atoms with Gasteiger partial charge in [-0.3, -0.25) is 9.59 Å². The van der Waals surface area contributed by atoms with Crippen molar-refractivity contribution in [2.45, 2.75) is 30.8 Å². The fourth-order valence-electron chi connectivity index (χ4n) is 3.84. The van der Waals surface area contributed by atoms with Gasteiger partial charge in [-0.15, -0.1) is 0 Å². The van der Waals surface area contributed by atoms with Gasteiger partial charge in [0.05, 0.1) is 5.69 Å². The molecule has 1 saturated heterocycles. The van der Waals surface area contributed by atoms with Crippen molar-refractivity contribution in [3.63, 3.8) is 0 Å². The molecule has 2 aromatic heterocycles. The Morgan fingerprint density at radius 2 is 1.94 bits per heavy atom. The van der Waals surface area contributed by atoms with Crippen molar-refractivity contribution in [3.8, 4) is 22.5 Å². The van der Waals surface area contributed by atoms with E-state index in [4.69, 9.17) is 10.3 Å². The largest absolute Gasteiger partial charge is 0.373 e. The number of hydrogen-bond acceptors (Lipinski definition) is 7. The summed E-state index contributed by atoms with van der Waals surface area (Å²) in [5.74, 6) is -0.614. The fourth-order valence-corrected chi connectivity index (χ4v) is 3.84. The molecule has 31 heavy (non-hydrogen) atoms. The fraction of sp³-hybridized carbons (Fsp3) is 0.318. The van der Waals surface area contributed by atoms with Crippen molar-refractivity contribution < 1.29 is 19.2 Å². The quantitative estimate of drug-likeness (QED) is 0.644. The van der Waals surface area contributed by atoms with Crippen LogP contribution in [0.3, 0.4) is 0 Å². The molecule has 0 bridgehead atoms. The first kappa shape index (κ1) is 19.4. The van der Waals surface area contributed by atoms with Gasteiger partial charge in [0.25, 0.3) is 11.8 Å². The molecule has 9 nitrogen and oxygen atoms in total. The highest BCUT2D eigenvalue weighted by atomic mass is 16.5. The van der Waals surface area contributed by atoms with Crippen molar-refractivity contribution in [3.05, 3.63) is 53.7 Å². The van der Waals surface area contributed by atoms with E-state index in [1.54, 1.807) is 13.1 Å². The van der Waals surface area contributed by atoms with Crippen LogP contribution in [0.5, 0.6) is 0 Å². The summed E-state index contributed by atoms with van der Waals surface area (Å²) in [6.45, 7) is 0.445. The molecule has 3 heterocycles. The van der Waals surface area contributed by atoms with Gasteiger partial charge >= 0.3 is 0 Å². The van der Waals surface area contributed by atoms with Gasteiger partial charge in [-0.2, -0.15) is 0 Å². The number of amides is 2. The molecule has 1 unspecified atom stereocenters. The number of carbonyl (C=O) groups is 2. The van der Waals surface area contributed by atoms with E-state index in [-0.39, 0.29) is 18.0 Å². The highest BCUT2D eigenvalue weighted by Gasteiger charge is 2.48. The number of rotatable bonds is 5. The van der Waals surface area contributed by atoms with Crippen molar-refractivity contribution in [2.75, 3.05) is 13.6 Å². The molecular formula is C22H21N5O4. The molecule has 3 N–H and O–H groups in total. The summed E-state index contributed by atoms with van der Waals surface area (Å²) in [6, 6.07) is 10.9. The minimum Gasteiger partial charge on any atom is -0.373 e. The van der Waals surface area contributed by atoms with Crippen molar-refractivity contribution in [1.29, 1.82) is 0 Å². The van der Waals surface area contributed by atoms with Crippen LogP contribution in [0, 0.1) is 0 Å². The van der Waals surface area contributed by atoms with Crippen LogP contribution in [-0.2, 0) is 10.4 Å². The van der Waals surface area contributed by atoms with E-state index in [1.807, 2.05) is 30.3 Å². The number of likely N-dealkylation sites (tertiary alicyclic amines) is 1. The van der Waals surface area contributed by atoms with Crippen LogP contribution in [-0.4, -0.2) is 50.5 Å². The topological polar surface area (TPSA) is 135 Å². The van der Waals surface area contributed by atoms with Gasteiger partial charge < -0.3 is 20.3 Å². The SMILES string of the molecule is CN1CCC(O)(c2cc(-c3cccc(-c4cc(C5CC5)nc(C(N)=O)n4)c3)no2)C1=O. The van der Waals surface area contributed by atoms with Gasteiger partial charge in [0, 0.05) is 48.8 Å². The van der Waals surface area contributed by atoms with Gasteiger partial charge in [-0.1, -0.05) is 23.4 Å². The Morgan fingerprint density at radius 1 is 1.19 bits per heavy atom. The smallest absolute Gasteiger partial charge is 0.286 e. The molecule has 1 aliphatic carbocycles. The second-order valence-corrected chi connectivity index (χ2v) is 8.13. The van der Waals surface area contributed by atoms with Crippen LogP contribution < -0.4 is 5.73 Å². The Balaban J connectivity index is 1.50. The first-order valence-electron chi connectivity index (χ1n) is 10.1. The maximum absolute atomic E-state index is 12.3. The van der Waals surface area contributed by atoms with Gasteiger partial charge in [0.15, 0.2) is 5.76 Å². The third kappa shape index (κ3) is 3.36. The maximum Gasteiger partial charge on any atom is 0.286 e.